The van der Waals surface area contributed by atoms with E-state index in [1.54, 1.807) is 16.7 Å². The van der Waals surface area contributed by atoms with Crippen molar-refractivity contribution in [2.24, 2.45) is 5.92 Å². The molecule has 0 aliphatic carbocycles. The summed E-state index contributed by atoms with van der Waals surface area (Å²) in [5, 5.41) is 29.7. The molecule has 1 aliphatic heterocycles. The third-order valence-electron chi connectivity index (χ3n) is 6.98. The average Bonchev–Trinajstić information content (AvgIpc) is 3.29. The molecule has 8 nitrogen and oxygen atoms in total. The largest absolute Gasteiger partial charge is 0.496 e. The molecule has 0 radical (unpaired) electrons. The number of carboxylic acids is 1. The molecule has 0 bridgehead atoms. The van der Waals surface area contributed by atoms with Crippen LogP contribution < -0.4 is 15.1 Å². The van der Waals surface area contributed by atoms with Crippen LogP contribution in [0.2, 0.25) is 5.02 Å². The Bertz CT molecular complexity index is 1410. The van der Waals surface area contributed by atoms with E-state index in [-0.39, 0.29) is 34.9 Å². The van der Waals surface area contributed by atoms with Crippen LogP contribution in [-0.4, -0.2) is 58.8 Å². The predicted molar refractivity (Wildman–Crippen MR) is 140 cm³/mol. The molecule has 2 aromatic carbocycles. The molecule has 37 heavy (non-hydrogen) atoms. The highest BCUT2D eigenvalue weighted by atomic mass is 35.5. The maximum absolute atomic E-state index is 15.1. The van der Waals surface area contributed by atoms with Gasteiger partial charge >= 0.3 is 5.97 Å². The van der Waals surface area contributed by atoms with Gasteiger partial charge in [0, 0.05) is 42.8 Å². The number of aromatic carboxylic acids is 1. The third kappa shape index (κ3) is 5.16. The van der Waals surface area contributed by atoms with Crippen LogP contribution in [0.3, 0.4) is 0 Å². The Labute approximate surface area is 218 Å². The van der Waals surface area contributed by atoms with Gasteiger partial charge in [0.2, 0.25) is 5.43 Å². The van der Waals surface area contributed by atoms with Gasteiger partial charge in [-0.15, -0.1) is 0 Å². The zero-order valence-corrected chi connectivity index (χ0v) is 21.6. The first-order valence-electron chi connectivity index (χ1n) is 12.1. The zero-order valence-electron chi connectivity index (χ0n) is 20.9. The molecule has 0 unspecified atom stereocenters. The van der Waals surface area contributed by atoms with Crippen LogP contribution in [0.25, 0.3) is 10.9 Å². The summed E-state index contributed by atoms with van der Waals surface area (Å²) >= 11 is 6.21. The first-order chi connectivity index (χ1) is 17.5. The van der Waals surface area contributed by atoms with E-state index in [1.165, 1.54) is 25.4 Å². The van der Waals surface area contributed by atoms with Crippen LogP contribution in [-0.2, 0) is 6.42 Å². The van der Waals surface area contributed by atoms with Gasteiger partial charge < -0.3 is 29.5 Å². The standard InChI is InChI=1S/C27H30ClFN2O6/c1-14(2)23(13-32)31-12-20(27(35)36)26(34)19-8-15(24(37-3)10-22(19)31)6-16-7-17(9-21(28)25(16)29)30-5-4-18(33)11-30/h7-10,12,14,18,23,32-33H,4-6,11,13H2,1-3H3,(H,35,36)/t18-,23+/m0/s1. The van der Waals surface area contributed by atoms with Crippen LogP contribution in [0.15, 0.2) is 35.3 Å². The summed E-state index contributed by atoms with van der Waals surface area (Å²) in [6, 6.07) is 5.83. The number of aliphatic hydroxyl groups excluding tert-OH is 2. The summed E-state index contributed by atoms with van der Waals surface area (Å²) in [7, 11) is 1.45. The Morgan fingerprint density at radius 1 is 1.24 bits per heavy atom. The van der Waals surface area contributed by atoms with E-state index in [0.29, 0.717) is 42.0 Å². The molecule has 0 spiro atoms. The molecule has 1 saturated heterocycles. The Balaban J connectivity index is 1.89. The number of nitrogens with zero attached hydrogens (tertiary/aromatic N) is 2. The van der Waals surface area contributed by atoms with Crippen molar-refractivity contribution in [2.75, 3.05) is 31.7 Å². The van der Waals surface area contributed by atoms with E-state index >= 15 is 4.39 Å². The van der Waals surface area contributed by atoms with Crippen molar-refractivity contribution in [2.45, 2.75) is 38.8 Å². The lowest BCUT2D eigenvalue weighted by atomic mass is 9.98. The van der Waals surface area contributed by atoms with Crippen molar-refractivity contribution in [3.8, 4) is 5.75 Å². The highest BCUT2D eigenvalue weighted by molar-refractivity contribution is 6.31. The van der Waals surface area contributed by atoms with Gasteiger partial charge in [-0.25, -0.2) is 9.18 Å². The fourth-order valence-corrected chi connectivity index (χ4v) is 5.15. The number of methoxy groups -OCH3 is 1. The number of hydrogen-bond acceptors (Lipinski definition) is 6. The summed E-state index contributed by atoms with van der Waals surface area (Å²) in [4.78, 5) is 27.0. The average molecular weight is 533 g/mol. The lowest BCUT2D eigenvalue weighted by molar-refractivity contribution is 0.0694. The van der Waals surface area contributed by atoms with Crippen LogP contribution >= 0.6 is 11.6 Å². The highest BCUT2D eigenvalue weighted by Gasteiger charge is 2.25. The van der Waals surface area contributed by atoms with Crippen molar-refractivity contribution in [3.63, 3.8) is 0 Å². The number of aromatic nitrogens is 1. The fraction of sp³-hybridized carbons (Fsp3) is 0.407. The van der Waals surface area contributed by atoms with Gasteiger partial charge in [-0.3, -0.25) is 4.79 Å². The van der Waals surface area contributed by atoms with E-state index in [4.69, 9.17) is 16.3 Å². The SMILES string of the molecule is COc1cc2c(cc1Cc1cc(N3CC[C@H](O)C3)cc(Cl)c1F)c(=O)c(C(=O)O)cn2[C@H](CO)C(C)C. The third-order valence-corrected chi connectivity index (χ3v) is 7.25. The minimum Gasteiger partial charge on any atom is -0.496 e. The van der Waals surface area contributed by atoms with Crippen molar-refractivity contribution >= 4 is 34.2 Å². The van der Waals surface area contributed by atoms with Gasteiger partial charge in [0.15, 0.2) is 0 Å². The second-order valence-corrected chi connectivity index (χ2v) is 10.1. The van der Waals surface area contributed by atoms with Gasteiger partial charge in [0.1, 0.15) is 17.1 Å². The van der Waals surface area contributed by atoms with E-state index < -0.39 is 34.9 Å². The van der Waals surface area contributed by atoms with Crippen molar-refractivity contribution < 1.29 is 29.2 Å². The molecule has 0 amide bonds. The predicted octanol–water partition coefficient (Wildman–Crippen LogP) is 3.85. The normalized spacial score (nSPS) is 16.5. The van der Waals surface area contributed by atoms with Crippen molar-refractivity contribution in [1.82, 2.24) is 4.57 Å². The molecule has 2 atom stereocenters. The van der Waals surface area contributed by atoms with Crippen LogP contribution in [0.4, 0.5) is 10.1 Å². The lowest BCUT2D eigenvalue weighted by Gasteiger charge is -2.25. The van der Waals surface area contributed by atoms with E-state index in [9.17, 15) is 24.9 Å². The molecule has 3 N–H and O–H groups in total. The molecule has 2 heterocycles. The minimum absolute atomic E-state index is 0.0270. The smallest absolute Gasteiger partial charge is 0.341 e. The number of hydrogen-bond donors (Lipinski definition) is 3. The number of carboxylic acid groups (broad SMARTS) is 1. The fourth-order valence-electron chi connectivity index (χ4n) is 4.92. The topological polar surface area (TPSA) is 112 Å². The summed E-state index contributed by atoms with van der Waals surface area (Å²) in [6.45, 7) is 4.53. The Morgan fingerprint density at radius 3 is 2.54 bits per heavy atom. The molecule has 198 valence electrons. The zero-order chi connectivity index (χ0) is 27.0. The first-order valence-corrected chi connectivity index (χ1v) is 12.4. The number of carbonyl (C=O) groups is 1. The number of halogens is 2. The van der Waals surface area contributed by atoms with Crippen LogP contribution in [0, 0.1) is 11.7 Å². The monoisotopic (exact) mass is 532 g/mol. The van der Waals surface area contributed by atoms with E-state index in [0.717, 1.165) is 0 Å². The second-order valence-electron chi connectivity index (χ2n) is 9.73. The lowest BCUT2D eigenvalue weighted by Crippen LogP contribution is -2.25. The van der Waals surface area contributed by atoms with Gasteiger partial charge in [-0.1, -0.05) is 25.4 Å². The molecule has 4 rings (SSSR count). The number of aliphatic hydroxyl groups is 2. The summed E-state index contributed by atoms with van der Waals surface area (Å²) in [6.07, 6.45) is 1.42. The van der Waals surface area contributed by atoms with E-state index in [1.807, 2.05) is 18.7 Å². The number of pyridine rings is 1. The van der Waals surface area contributed by atoms with E-state index in [2.05, 4.69) is 0 Å². The van der Waals surface area contributed by atoms with Gasteiger partial charge in [0.05, 0.1) is 36.4 Å². The second kappa shape index (κ2) is 10.7. The molecule has 3 aromatic rings. The van der Waals surface area contributed by atoms with Crippen LogP contribution in [0.5, 0.6) is 5.75 Å². The Morgan fingerprint density at radius 2 is 1.97 bits per heavy atom. The summed E-state index contributed by atoms with van der Waals surface area (Å²) in [5.74, 6) is -1.67. The molecule has 1 aromatic heterocycles. The van der Waals surface area contributed by atoms with Gasteiger partial charge in [0.25, 0.3) is 0 Å². The molecule has 1 fully saturated rings. The molecule has 0 saturated carbocycles. The van der Waals surface area contributed by atoms with Crippen molar-refractivity contribution in [1.29, 1.82) is 0 Å². The van der Waals surface area contributed by atoms with Crippen molar-refractivity contribution in [3.05, 3.63) is 68.2 Å². The number of fused-ring (bicyclic) bond motifs is 1. The number of benzene rings is 2. The first kappa shape index (κ1) is 26.9. The highest BCUT2D eigenvalue weighted by Crippen LogP contribution is 2.34. The maximum atomic E-state index is 15.1. The van der Waals surface area contributed by atoms with Gasteiger partial charge in [-0.2, -0.15) is 0 Å². The quantitative estimate of drug-likeness (QED) is 0.404. The molecular formula is C27H30ClFN2O6. The number of ether oxygens (including phenoxy) is 1. The Hall–Kier alpha value is -3.14. The summed E-state index contributed by atoms with van der Waals surface area (Å²) in [5.41, 5.74) is 0.720. The molecule has 10 heteroatoms. The Kier molecular flexibility index (Phi) is 7.77. The number of rotatable bonds is 8. The molecular weight excluding hydrogens is 503 g/mol. The number of β-amino-alcohol motifs (C(OH)–C–C–N with tert-alkyl or cyclic N) is 1. The maximum Gasteiger partial charge on any atom is 0.341 e. The molecule has 1 aliphatic rings. The van der Waals surface area contributed by atoms with Gasteiger partial charge in [-0.05, 0) is 41.7 Å². The van der Waals surface area contributed by atoms with Crippen LogP contribution in [0.1, 0.15) is 47.8 Å². The summed E-state index contributed by atoms with van der Waals surface area (Å²) < 4.78 is 22.3. The number of anilines is 1. The minimum atomic E-state index is -1.38.